The topological polar surface area (TPSA) is 108 Å². The van der Waals surface area contributed by atoms with Crippen LogP contribution < -0.4 is 10.1 Å². The number of aromatic nitrogens is 3. The summed E-state index contributed by atoms with van der Waals surface area (Å²) in [6, 6.07) is 15.8. The first-order valence-corrected chi connectivity index (χ1v) is 15.3. The molecule has 3 heterocycles. The van der Waals surface area contributed by atoms with E-state index in [9.17, 15) is 15.0 Å². The molecule has 10 heteroatoms. The Labute approximate surface area is 263 Å². The van der Waals surface area contributed by atoms with Gasteiger partial charge in [-0.15, -0.1) is 0 Å². The summed E-state index contributed by atoms with van der Waals surface area (Å²) in [6.45, 7) is 13.3. The Kier molecular flexibility index (Phi) is 8.51. The van der Waals surface area contributed by atoms with Crippen molar-refractivity contribution in [3.05, 3.63) is 90.1 Å². The molecule has 0 spiro atoms. The molecule has 1 atom stereocenters. The summed E-state index contributed by atoms with van der Waals surface area (Å²) in [6.07, 6.45) is 4.60. The molecular weight excluding hydrogens is 568 g/mol. The number of imidazole rings is 1. The van der Waals surface area contributed by atoms with E-state index in [2.05, 4.69) is 64.6 Å². The van der Waals surface area contributed by atoms with Crippen molar-refractivity contribution in [2.75, 3.05) is 45.1 Å². The SMILES string of the molecule is Cc1c(C)n(CC(C)CN2CCN(C)CC2)c2ccc(Oc3ccc(C(=O)Nc4cc(O)c(-n5ccnc5)c(O)c4)cc3)cc12. The Hall–Kier alpha value is -4.80. The van der Waals surface area contributed by atoms with Gasteiger partial charge >= 0.3 is 0 Å². The van der Waals surface area contributed by atoms with E-state index in [0.717, 1.165) is 45.0 Å². The van der Waals surface area contributed by atoms with Crippen molar-refractivity contribution in [1.82, 2.24) is 23.9 Å². The summed E-state index contributed by atoms with van der Waals surface area (Å²) >= 11 is 0. The second-order valence-electron chi connectivity index (χ2n) is 12.1. The van der Waals surface area contributed by atoms with Crippen molar-refractivity contribution >= 4 is 22.5 Å². The van der Waals surface area contributed by atoms with Gasteiger partial charge in [-0.05, 0) is 74.8 Å². The molecule has 3 aromatic carbocycles. The Bertz CT molecular complexity index is 1780. The average Bonchev–Trinajstić information content (AvgIpc) is 3.62. The molecular formula is C35H40N6O4. The number of anilines is 1. The number of hydrogen-bond donors (Lipinski definition) is 3. The fraction of sp³-hybridized carbons (Fsp3) is 0.314. The van der Waals surface area contributed by atoms with Crippen molar-refractivity contribution in [1.29, 1.82) is 0 Å². The minimum absolute atomic E-state index is 0.183. The summed E-state index contributed by atoms with van der Waals surface area (Å²) < 4.78 is 10.1. The molecule has 234 valence electrons. The van der Waals surface area contributed by atoms with Gasteiger partial charge < -0.3 is 34.6 Å². The Morgan fingerprint density at radius 2 is 1.64 bits per heavy atom. The van der Waals surface area contributed by atoms with Crippen LogP contribution in [0.2, 0.25) is 0 Å². The molecule has 1 aliphatic rings. The molecule has 0 aliphatic carbocycles. The van der Waals surface area contributed by atoms with E-state index in [1.165, 1.54) is 51.4 Å². The predicted molar refractivity (Wildman–Crippen MR) is 176 cm³/mol. The molecule has 10 nitrogen and oxygen atoms in total. The van der Waals surface area contributed by atoms with Crippen molar-refractivity contribution in [3.8, 4) is 28.7 Å². The molecule has 1 unspecified atom stereocenters. The van der Waals surface area contributed by atoms with Crippen LogP contribution in [0.3, 0.4) is 0 Å². The van der Waals surface area contributed by atoms with Crippen LogP contribution in [0.4, 0.5) is 5.69 Å². The van der Waals surface area contributed by atoms with E-state index in [1.807, 2.05) is 6.07 Å². The van der Waals surface area contributed by atoms with Crippen LogP contribution in [-0.4, -0.2) is 79.8 Å². The highest BCUT2D eigenvalue weighted by atomic mass is 16.5. The summed E-state index contributed by atoms with van der Waals surface area (Å²) in [5, 5.41) is 24.8. The second-order valence-corrected chi connectivity index (χ2v) is 12.1. The van der Waals surface area contributed by atoms with Gasteiger partial charge in [0.15, 0.2) is 0 Å². The quantitative estimate of drug-likeness (QED) is 0.195. The smallest absolute Gasteiger partial charge is 0.255 e. The number of phenolic OH excluding ortho intramolecular Hbond substituents is 2. The molecule has 2 aromatic heterocycles. The molecule has 3 N–H and O–H groups in total. The number of amides is 1. The molecule has 45 heavy (non-hydrogen) atoms. The van der Waals surface area contributed by atoms with Crippen LogP contribution in [0, 0.1) is 19.8 Å². The van der Waals surface area contributed by atoms with Gasteiger partial charge in [0.1, 0.15) is 28.7 Å². The number of hydrogen-bond acceptors (Lipinski definition) is 7. The van der Waals surface area contributed by atoms with Crippen LogP contribution in [0.5, 0.6) is 23.0 Å². The summed E-state index contributed by atoms with van der Waals surface area (Å²) in [4.78, 5) is 21.8. The number of piperazine rings is 1. The fourth-order valence-corrected chi connectivity index (χ4v) is 6.11. The lowest BCUT2D eigenvalue weighted by molar-refractivity contribution is 0.102. The third kappa shape index (κ3) is 6.52. The molecule has 5 aromatic rings. The molecule has 6 rings (SSSR count). The van der Waals surface area contributed by atoms with Crippen LogP contribution in [0.1, 0.15) is 28.5 Å². The van der Waals surface area contributed by atoms with Gasteiger partial charge in [-0.1, -0.05) is 6.92 Å². The third-order valence-corrected chi connectivity index (χ3v) is 8.71. The first-order chi connectivity index (χ1) is 21.7. The first-order valence-electron chi connectivity index (χ1n) is 15.3. The van der Waals surface area contributed by atoms with Crippen LogP contribution >= 0.6 is 0 Å². The average molecular weight is 609 g/mol. The monoisotopic (exact) mass is 608 g/mol. The van der Waals surface area contributed by atoms with Gasteiger partial charge in [-0.25, -0.2) is 4.98 Å². The maximum atomic E-state index is 12.9. The van der Waals surface area contributed by atoms with Gasteiger partial charge in [0.2, 0.25) is 0 Å². The number of phenols is 2. The first kappa shape index (κ1) is 30.2. The molecule has 0 radical (unpaired) electrons. The minimum Gasteiger partial charge on any atom is -0.506 e. The number of nitrogens with zero attached hydrogens (tertiary/aromatic N) is 5. The van der Waals surface area contributed by atoms with Crippen LogP contribution in [0.15, 0.2) is 73.3 Å². The van der Waals surface area contributed by atoms with Crippen molar-refractivity contribution in [2.45, 2.75) is 27.3 Å². The maximum Gasteiger partial charge on any atom is 0.255 e. The summed E-state index contributed by atoms with van der Waals surface area (Å²) in [5.41, 5.74) is 4.60. The van der Waals surface area contributed by atoms with Crippen molar-refractivity contribution in [3.63, 3.8) is 0 Å². The van der Waals surface area contributed by atoms with Gasteiger partial charge in [-0.2, -0.15) is 0 Å². The van der Waals surface area contributed by atoms with E-state index >= 15 is 0 Å². The number of likely N-dealkylation sites (N-methyl/N-ethyl adjacent to an activating group) is 1. The van der Waals surface area contributed by atoms with Crippen LogP contribution in [0.25, 0.3) is 16.6 Å². The molecule has 1 fully saturated rings. The normalized spacial score (nSPS) is 14.9. The highest BCUT2D eigenvalue weighted by molar-refractivity contribution is 6.04. The highest BCUT2D eigenvalue weighted by Gasteiger charge is 2.19. The maximum absolute atomic E-state index is 12.9. The summed E-state index contributed by atoms with van der Waals surface area (Å²) in [7, 11) is 2.19. The van der Waals surface area contributed by atoms with Crippen LogP contribution in [-0.2, 0) is 6.54 Å². The zero-order valence-corrected chi connectivity index (χ0v) is 26.2. The van der Waals surface area contributed by atoms with E-state index in [4.69, 9.17) is 4.74 Å². The van der Waals surface area contributed by atoms with Gasteiger partial charge in [0, 0.05) is 91.6 Å². The number of carbonyl (C=O) groups is 1. The molecule has 0 saturated carbocycles. The zero-order chi connectivity index (χ0) is 31.7. The minimum atomic E-state index is -0.383. The fourth-order valence-electron chi connectivity index (χ4n) is 6.11. The Morgan fingerprint density at radius 1 is 0.956 bits per heavy atom. The lowest BCUT2D eigenvalue weighted by Crippen LogP contribution is -2.46. The van der Waals surface area contributed by atoms with E-state index < -0.39 is 0 Å². The number of aromatic hydroxyl groups is 2. The largest absolute Gasteiger partial charge is 0.506 e. The van der Waals surface area contributed by atoms with Gasteiger partial charge in [-0.3, -0.25) is 9.36 Å². The lowest BCUT2D eigenvalue weighted by Gasteiger charge is -2.34. The van der Waals surface area contributed by atoms with E-state index in [0.29, 0.717) is 17.2 Å². The number of carbonyl (C=O) groups excluding carboxylic acids is 1. The van der Waals surface area contributed by atoms with Gasteiger partial charge in [0.05, 0.1) is 6.33 Å². The number of fused-ring (bicyclic) bond motifs is 1. The van der Waals surface area contributed by atoms with E-state index in [-0.39, 0.29) is 28.8 Å². The predicted octanol–water partition coefficient (Wildman–Crippen LogP) is 5.78. The van der Waals surface area contributed by atoms with E-state index in [1.54, 1.807) is 30.5 Å². The second kappa shape index (κ2) is 12.7. The number of benzene rings is 3. The third-order valence-electron chi connectivity index (χ3n) is 8.71. The number of rotatable bonds is 9. The number of nitrogens with one attached hydrogen (secondary N) is 1. The lowest BCUT2D eigenvalue weighted by atomic mass is 10.1. The Morgan fingerprint density at radius 3 is 2.31 bits per heavy atom. The molecule has 1 saturated heterocycles. The number of ether oxygens (including phenoxy) is 1. The summed E-state index contributed by atoms with van der Waals surface area (Å²) in [5.74, 6) is 1.11. The molecule has 0 bridgehead atoms. The molecule has 1 aliphatic heterocycles. The number of aryl methyl sites for hydroxylation is 1. The Balaban J connectivity index is 1.11. The van der Waals surface area contributed by atoms with Crippen molar-refractivity contribution < 1.29 is 19.7 Å². The van der Waals surface area contributed by atoms with Crippen molar-refractivity contribution in [2.24, 2.45) is 5.92 Å². The standard InChI is InChI=1S/C35H40N6O4/c1-23(20-39-15-13-38(4)14-16-39)21-41-25(3)24(2)30-19-29(9-10-31(30)41)45-28-7-5-26(6-8-28)35(44)37-27-17-32(42)34(33(43)18-27)40-12-11-36-22-40/h5-12,17-19,22-23,42-43H,13-16,20-21H2,1-4H3,(H,37,44). The molecule has 1 amide bonds. The van der Waals surface area contributed by atoms with Gasteiger partial charge in [0.25, 0.3) is 5.91 Å². The zero-order valence-electron chi connectivity index (χ0n) is 26.2. The highest BCUT2D eigenvalue weighted by Crippen LogP contribution is 2.35.